The van der Waals surface area contributed by atoms with Crippen molar-refractivity contribution >= 4 is 34.5 Å². The molecule has 0 bridgehead atoms. The number of anilines is 1. The van der Waals surface area contributed by atoms with Crippen LogP contribution in [-0.2, 0) is 6.42 Å². The second-order valence-electron chi connectivity index (χ2n) is 3.69. The van der Waals surface area contributed by atoms with E-state index < -0.39 is 0 Å². The monoisotopic (exact) mass is 279 g/mol. The standard InChI is InChI=1S/C11H13N5S2/c1-7-6-8(10(12)17)16-11(15-7)14-3-2-9-13-4-5-18-9/h4-6H,2-3H2,1H3,(H2,12,17)(H,14,15,16). The molecule has 0 unspecified atom stereocenters. The SMILES string of the molecule is Cc1cc(C(N)=S)nc(NCCc2nccs2)n1. The van der Waals surface area contributed by atoms with Gasteiger partial charge in [-0.05, 0) is 13.0 Å². The highest BCUT2D eigenvalue weighted by Crippen LogP contribution is 2.07. The summed E-state index contributed by atoms with van der Waals surface area (Å²) in [6.07, 6.45) is 2.64. The van der Waals surface area contributed by atoms with E-state index in [0.29, 0.717) is 11.6 Å². The highest BCUT2D eigenvalue weighted by Gasteiger charge is 2.04. The fraction of sp³-hybridized carbons (Fsp3) is 0.273. The smallest absolute Gasteiger partial charge is 0.223 e. The molecule has 2 aromatic rings. The molecule has 0 saturated carbocycles. The van der Waals surface area contributed by atoms with Gasteiger partial charge in [-0.1, -0.05) is 12.2 Å². The molecular formula is C11H13N5S2. The summed E-state index contributed by atoms with van der Waals surface area (Å²) < 4.78 is 0. The molecular weight excluding hydrogens is 266 g/mol. The molecule has 2 heterocycles. The maximum Gasteiger partial charge on any atom is 0.223 e. The Morgan fingerprint density at radius 2 is 2.33 bits per heavy atom. The molecule has 0 aliphatic heterocycles. The number of aryl methyl sites for hydroxylation is 1. The van der Waals surface area contributed by atoms with Crippen LogP contribution in [0, 0.1) is 6.92 Å². The fourth-order valence-electron chi connectivity index (χ4n) is 1.43. The lowest BCUT2D eigenvalue weighted by Crippen LogP contribution is -2.15. The van der Waals surface area contributed by atoms with E-state index in [2.05, 4.69) is 20.3 Å². The topological polar surface area (TPSA) is 76.7 Å². The van der Waals surface area contributed by atoms with Crippen LogP contribution in [0.3, 0.4) is 0 Å². The average molecular weight is 279 g/mol. The van der Waals surface area contributed by atoms with Gasteiger partial charge >= 0.3 is 0 Å². The van der Waals surface area contributed by atoms with E-state index in [1.807, 2.05) is 12.3 Å². The zero-order valence-electron chi connectivity index (χ0n) is 9.88. The van der Waals surface area contributed by atoms with Crippen molar-refractivity contribution in [2.45, 2.75) is 13.3 Å². The van der Waals surface area contributed by atoms with Crippen molar-refractivity contribution in [1.29, 1.82) is 0 Å². The lowest BCUT2D eigenvalue weighted by atomic mass is 10.3. The number of nitrogens with one attached hydrogen (secondary N) is 1. The van der Waals surface area contributed by atoms with E-state index >= 15 is 0 Å². The fourth-order valence-corrected chi connectivity index (χ4v) is 2.16. The summed E-state index contributed by atoms with van der Waals surface area (Å²) >= 11 is 6.55. The molecule has 0 fully saturated rings. The molecule has 0 aliphatic rings. The Bertz CT molecular complexity index is 538. The molecule has 0 radical (unpaired) electrons. The molecule has 0 aromatic carbocycles. The summed E-state index contributed by atoms with van der Waals surface area (Å²) in [7, 11) is 0. The van der Waals surface area contributed by atoms with Gasteiger partial charge in [0.25, 0.3) is 0 Å². The second-order valence-corrected chi connectivity index (χ2v) is 5.10. The third-order valence-corrected chi connectivity index (χ3v) is 3.26. The van der Waals surface area contributed by atoms with E-state index in [1.54, 1.807) is 23.6 Å². The van der Waals surface area contributed by atoms with Gasteiger partial charge in [-0.15, -0.1) is 11.3 Å². The van der Waals surface area contributed by atoms with Crippen molar-refractivity contribution in [2.24, 2.45) is 5.73 Å². The summed E-state index contributed by atoms with van der Waals surface area (Å²) in [5, 5.41) is 6.20. The molecule has 5 nitrogen and oxygen atoms in total. The van der Waals surface area contributed by atoms with Crippen LogP contribution in [0.5, 0.6) is 0 Å². The summed E-state index contributed by atoms with van der Waals surface area (Å²) in [4.78, 5) is 13.0. The van der Waals surface area contributed by atoms with Gasteiger partial charge in [-0.2, -0.15) is 0 Å². The number of aromatic nitrogens is 3. The van der Waals surface area contributed by atoms with Crippen molar-refractivity contribution in [1.82, 2.24) is 15.0 Å². The highest BCUT2D eigenvalue weighted by molar-refractivity contribution is 7.80. The summed E-state index contributed by atoms with van der Waals surface area (Å²) in [5.41, 5.74) is 6.99. The number of thiazole rings is 1. The van der Waals surface area contributed by atoms with Crippen molar-refractivity contribution in [2.75, 3.05) is 11.9 Å². The van der Waals surface area contributed by atoms with Crippen LogP contribution in [-0.4, -0.2) is 26.5 Å². The van der Waals surface area contributed by atoms with Crippen LogP contribution < -0.4 is 11.1 Å². The lowest BCUT2D eigenvalue weighted by molar-refractivity contribution is 0.960. The second kappa shape index (κ2) is 5.83. The third kappa shape index (κ3) is 3.44. The van der Waals surface area contributed by atoms with Gasteiger partial charge in [0.1, 0.15) is 10.7 Å². The van der Waals surface area contributed by atoms with Gasteiger partial charge in [0.2, 0.25) is 5.95 Å². The largest absolute Gasteiger partial charge is 0.388 e. The van der Waals surface area contributed by atoms with Crippen molar-refractivity contribution in [3.05, 3.63) is 34.0 Å². The number of hydrogen-bond donors (Lipinski definition) is 2. The first-order valence-corrected chi connectivity index (χ1v) is 6.71. The minimum atomic E-state index is 0.281. The molecule has 7 heteroatoms. The Hall–Kier alpha value is -1.60. The van der Waals surface area contributed by atoms with Gasteiger partial charge in [-0.3, -0.25) is 0 Å². The Balaban J connectivity index is 1.98. The van der Waals surface area contributed by atoms with Crippen LogP contribution >= 0.6 is 23.6 Å². The molecule has 18 heavy (non-hydrogen) atoms. The third-order valence-electron chi connectivity index (χ3n) is 2.21. The summed E-state index contributed by atoms with van der Waals surface area (Å²) in [5.74, 6) is 0.550. The molecule has 0 atom stereocenters. The first kappa shape index (κ1) is 12.8. The zero-order chi connectivity index (χ0) is 13.0. The molecule has 2 aromatic heterocycles. The number of rotatable bonds is 5. The summed E-state index contributed by atoms with van der Waals surface area (Å²) in [6.45, 7) is 2.61. The van der Waals surface area contributed by atoms with E-state index in [-0.39, 0.29) is 4.99 Å². The van der Waals surface area contributed by atoms with Crippen LogP contribution in [0.25, 0.3) is 0 Å². The number of thiocarbonyl (C=S) groups is 1. The maximum atomic E-state index is 5.56. The van der Waals surface area contributed by atoms with Crippen LogP contribution in [0.4, 0.5) is 5.95 Å². The van der Waals surface area contributed by atoms with Crippen LogP contribution in [0.15, 0.2) is 17.6 Å². The molecule has 2 rings (SSSR count). The number of nitrogens with two attached hydrogens (primary N) is 1. The van der Waals surface area contributed by atoms with E-state index in [4.69, 9.17) is 18.0 Å². The molecule has 0 amide bonds. The van der Waals surface area contributed by atoms with E-state index in [9.17, 15) is 0 Å². The van der Waals surface area contributed by atoms with Gasteiger partial charge in [0.05, 0.1) is 5.01 Å². The molecule has 0 saturated heterocycles. The Labute approximate surface area is 114 Å². The van der Waals surface area contributed by atoms with Crippen molar-refractivity contribution in [3.8, 4) is 0 Å². The Kier molecular flexibility index (Phi) is 4.16. The highest BCUT2D eigenvalue weighted by atomic mass is 32.1. The number of hydrogen-bond acceptors (Lipinski definition) is 6. The first-order chi connectivity index (χ1) is 8.65. The average Bonchev–Trinajstić information content (AvgIpc) is 2.81. The lowest BCUT2D eigenvalue weighted by Gasteiger charge is -2.06. The molecule has 3 N–H and O–H groups in total. The van der Waals surface area contributed by atoms with E-state index in [1.165, 1.54) is 0 Å². The molecule has 0 aliphatic carbocycles. The maximum absolute atomic E-state index is 5.56. The van der Waals surface area contributed by atoms with Crippen molar-refractivity contribution < 1.29 is 0 Å². The minimum Gasteiger partial charge on any atom is -0.388 e. The predicted molar refractivity (Wildman–Crippen MR) is 77.0 cm³/mol. The normalized spacial score (nSPS) is 10.3. The van der Waals surface area contributed by atoms with Crippen molar-refractivity contribution in [3.63, 3.8) is 0 Å². The summed E-state index contributed by atoms with van der Waals surface area (Å²) in [6, 6.07) is 1.77. The van der Waals surface area contributed by atoms with Gasteiger partial charge in [0, 0.05) is 30.2 Å². The van der Waals surface area contributed by atoms with Crippen LogP contribution in [0.2, 0.25) is 0 Å². The van der Waals surface area contributed by atoms with Gasteiger partial charge in [-0.25, -0.2) is 15.0 Å². The quantitative estimate of drug-likeness (QED) is 0.808. The number of nitrogens with zero attached hydrogens (tertiary/aromatic N) is 3. The molecule has 0 spiro atoms. The van der Waals surface area contributed by atoms with Crippen LogP contribution in [0.1, 0.15) is 16.4 Å². The minimum absolute atomic E-state index is 0.281. The van der Waals surface area contributed by atoms with Gasteiger partial charge in [0.15, 0.2) is 0 Å². The predicted octanol–water partition coefficient (Wildman–Crippen LogP) is 1.53. The Morgan fingerprint density at radius 3 is 3.00 bits per heavy atom. The molecule has 94 valence electrons. The Morgan fingerprint density at radius 1 is 1.50 bits per heavy atom. The first-order valence-electron chi connectivity index (χ1n) is 5.43. The van der Waals surface area contributed by atoms with Gasteiger partial charge < -0.3 is 11.1 Å². The van der Waals surface area contributed by atoms with E-state index in [0.717, 1.165) is 23.7 Å². The zero-order valence-corrected chi connectivity index (χ0v) is 11.5.